The summed E-state index contributed by atoms with van der Waals surface area (Å²) in [5.74, 6) is 1.21. The molecule has 1 unspecified atom stereocenters. The Bertz CT molecular complexity index is 952. The zero-order chi connectivity index (χ0) is 22.0. The first kappa shape index (κ1) is 20.8. The van der Waals surface area contributed by atoms with Crippen molar-refractivity contribution in [3.63, 3.8) is 0 Å². The van der Waals surface area contributed by atoms with Gasteiger partial charge in [-0.1, -0.05) is 44.5 Å². The second-order valence-corrected chi connectivity index (χ2v) is 11.2. The maximum atomic E-state index is 13.3. The summed E-state index contributed by atoms with van der Waals surface area (Å²) in [5.41, 5.74) is 3.38. The minimum Gasteiger partial charge on any atom is -0.325 e. The Labute approximate surface area is 186 Å². The first-order chi connectivity index (χ1) is 14.7. The van der Waals surface area contributed by atoms with Gasteiger partial charge in [0.05, 0.1) is 0 Å². The van der Waals surface area contributed by atoms with Gasteiger partial charge in [0.15, 0.2) is 0 Å². The van der Waals surface area contributed by atoms with Crippen molar-refractivity contribution in [3.8, 4) is 0 Å². The van der Waals surface area contributed by atoms with E-state index in [2.05, 4.69) is 25.2 Å². The van der Waals surface area contributed by atoms with Gasteiger partial charge in [-0.3, -0.25) is 9.59 Å². The molecule has 3 fully saturated rings. The van der Waals surface area contributed by atoms with Crippen molar-refractivity contribution in [2.45, 2.75) is 65.7 Å². The number of piperidine rings is 1. The number of hydrogen-bond acceptors (Lipinski definition) is 2. The van der Waals surface area contributed by atoms with Crippen LogP contribution in [0.3, 0.4) is 0 Å². The highest BCUT2D eigenvalue weighted by Crippen LogP contribution is 2.64. The van der Waals surface area contributed by atoms with E-state index in [1.165, 1.54) is 37.8 Å². The number of likely N-dealkylation sites (tertiary alicyclic amines) is 1. The van der Waals surface area contributed by atoms with Crippen molar-refractivity contribution in [3.05, 3.63) is 41.6 Å². The summed E-state index contributed by atoms with van der Waals surface area (Å²) in [6, 6.07) is 7.78. The van der Waals surface area contributed by atoms with Crippen molar-refractivity contribution in [2.24, 2.45) is 34.5 Å². The van der Waals surface area contributed by atoms with Gasteiger partial charge in [0.1, 0.15) is 5.92 Å². The second-order valence-electron chi connectivity index (χ2n) is 11.2. The van der Waals surface area contributed by atoms with Crippen LogP contribution in [-0.4, -0.2) is 23.8 Å². The van der Waals surface area contributed by atoms with Gasteiger partial charge in [-0.15, -0.1) is 0 Å². The van der Waals surface area contributed by atoms with E-state index in [1.54, 1.807) is 0 Å². The summed E-state index contributed by atoms with van der Waals surface area (Å²) in [5, 5.41) is 3.05. The molecule has 0 bridgehead atoms. The van der Waals surface area contributed by atoms with Gasteiger partial charge in [-0.05, 0) is 80.2 Å². The standard InChI is InChI=1S/C27H36N2O2/c1-17-8-5-6-10-22(17)28-24(30)19-16-27(3)21-13-15-26(2)14-7-9-20(26)18(21)11-12-23(27)29(4)25(19)31/h5-6,8,10,12,18-21H,7,9,11,13-16H2,1-4H3,(H,28,30)/t18-,19?,20-,21+,26-,27+/m0/s1. The quantitative estimate of drug-likeness (QED) is 0.639. The monoisotopic (exact) mass is 420 g/mol. The van der Waals surface area contributed by atoms with Crippen molar-refractivity contribution in [2.75, 3.05) is 12.4 Å². The normalized spacial score (nSPS) is 39.3. The molecule has 2 amide bonds. The molecule has 1 aromatic rings. The molecule has 4 heteroatoms. The number of carbonyl (C=O) groups excluding carboxylic acids is 2. The van der Waals surface area contributed by atoms with Crippen LogP contribution < -0.4 is 5.32 Å². The fourth-order valence-corrected chi connectivity index (χ4v) is 7.85. The van der Waals surface area contributed by atoms with Crippen LogP contribution in [0.2, 0.25) is 0 Å². The van der Waals surface area contributed by atoms with Crippen LogP contribution in [0, 0.1) is 41.4 Å². The van der Waals surface area contributed by atoms with E-state index in [-0.39, 0.29) is 17.2 Å². The molecule has 1 saturated heterocycles. The fraction of sp³-hybridized carbons (Fsp3) is 0.630. The van der Waals surface area contributed by atoms with Gasteiger partial charge in [0, 0.05) is 23.8 Å². The number of carbonyl (C=O) groups is 2. The van der Waals surface area contributed by atoms with Crippen LogP contribution in [0.4, 0.5) is 5.69 Å². The van der Waals surface area contributed by atoms with Crippen LogP contribution in [-0.2, 0) is 9.59 Å². The van der Waals surface area contributed by atoms with E-state index in [0.717, 1.165) is 23.6 Å². The number of para-hydroxylation sites is 1. The van der Waals surface area contributed by atoms with Crippen molar-refractivity contribution in [1.82, 2.24) is 4.90 Å². The maximum Gasteiger partial charge on any atom is 0.239 e. The predicted molar refractivity (Wildman–Crippen MR) is 123 cm³/mol. The summed E-state index contributed by atoms with van der Waals surface area (Å²) < 4.78 is 0. The number of anilines is 1. The van der Waals surface area contributed by atoms with E-state index in [9.17, 15) is 9.59 Å². The second kappa shape index (κ2) is 7.21. The number of fused-ring (bicyclic) bond motifs is 5. The van der Waals surface area contributed by atoms with E-state index in [1.807, 2.05) is 43.1 Å². The molecule has 4 nitrogen and oxygen atoms in total. The Morgan fingerprint density at radius 2 is 1.90 bits per heavy atom. The van der Waals surface area contributed by atoms with E-state index in [0.29, 0.717) is 23.7 Å². The fourth-order valence-electron chi connectivity index (χ4n) is 7.85. The third kappa shape index (κ3) is 3.08. The lowest BCUT2D eigenvalue weighted by molar-refractivity contribution is -0.147. The Hall–Kier alpha value is -2.10. The third-order valence-electron chi connectivity index (χ3n) is 9.54. The zero-order valence-corrected chi connectivity index (χ0v) is 19.4. The number of aryl methyl sites for hydroxylation is 1. The highest BCUT2D eigenvalue weighted by Gasteiger charge is 2.59. The maximum absolute atomic E-state index is 13.3. The predicted octanol–water partition coefficient (Wildman–Crippen LogP) is 5.54. The molecule has 4 aliphatic rings. The topological polar surface area (TPSA) is 49.4 Å². The summed E-state index contributed by atoms with van der Waals surface area (Å²) in [4.78, 5) is 28.4. The number of benzene rings is 1. The molecule has 0 spiro atoms. The molecule has 3 aliphatic carbocycles. The highest BCUT2D eigenvalue weighted by molar-refractivity contribution is 6.07. The molecule has 0 radical (unpaired) electrons. The smallest absolute Gasteiger partial charge is 0.239 e. The molecule has 1 aromatic carbocycles. The van der Waals surface area contributed by atoms with Crippen molar-refractivity contribution in [1.29, 1.82) is 0 Å². The van der Waals surface area contributed by atoms with Crippen LogP contribution in [0.5, 0.6) is 0 Å². The van der Waals surface area contributed by atoms with Gasteiger partial charge in [0.2, 0.25) is 11.8 Å². The number of nitrogens with one attached hydrogen (secondary N) is 1. The van der Waals surface area contributed by atoms with Crippen molar-refractivity contribution < 1.29 is 9.59 Å². The molecule has 1 N–H and O–H groups in total. The first-order valence-electron chi connectivity index (χ1n) is 12.1. The number of amides is 2. The molecule has 6 atom stereocenters. The molecule has 166 valence electrons. The number of allylic oxidation sites excluding steroid dienone is 2. The Morgan fingerprint density at radius 3 is 2.68 bits per heavy atom. The molecule has 31 heavy (non-hydrogen) atoms. The minimum atomic E-state index is -0.623. The lowest BCUT2D eigenvalue weighted by Gasteiger charge is -2.58. The van der Waals surface area contributed by atoms with Crippen molar-refractivity contribution >= 4 is 17.5 Å². The van der Waals surface area contributed by atoms with Gasteiger partial charge in [0.25, 0.3) is 0 Å². The van der Waals surface area contributed by atoms with Gasteiger partial charge < -0.3 is 10.2 Å². The molecular weight excluding hydrogens is 384 g/mol. The third-order valence-corrected chi connectivity index (χ3v) is 9.54. The minimum absolute atomic E-state index is 0.0604. The van der Waals surface area contributed by atoms with Crippen LogP contribution in [0.15, 0.2) is 36.0 Å². The summed E-state index contributed by atoms with van der Waals surface area (Å²) in [7, 11) is 1.88. The average molecular weight is 421 g/mol. The molecule has 1 heterocycles. The average Bonchev–Trinajstić information content (AvgIpc) is 3.14. The van der Waals surface area contributed by atoms with Crippen LogP contribution in [0.25, 0.3) is 0 Å². The number of nitrogens with zero attached hydrogens (tertiary/aromatic N) is 1. The SMILES string of the molecule is Cc1ccccc1NC(=O)C1C[C@@]2(C)C(=CC[C@@H]3[C@H]2CC[C@]2(C)CCC[C@@H]32)N(C)C1=O. The van der Waals surface area contributed by atoms with Gasteiger partial charge in [-0.2, -0.15) is 0 Å². The van der Waals surface area contributed by atoms with E-state index >= 15 is 0 Å². The number of hydrogen-bond donors (Lipinski definition) is 1. The summed E-state index contributed by atoms with van der Waals surface area (Å²) in [6.45, 7) is 6.83. The number of rotatable bonds is 2. The summed E-state index contributed by atoms with van der Waals surface area (Å²) >= 11 is 0. The molecule has 5 rings (SSSR count). The Kier molecular flexibility index (Phi) is 4.84. The lowest BCUT2D eigenvalue weighted by Crippen LogP contribution is -2.57. The Balaban J connectivity index is 1.45. The largest absolute Gasteiger partial charge is 0.325 e. The van der Waals surface area contributed by atoms with Crippen LogP contribution in [0.1, 0.15) is 64.4 Å². The highest BCUT2D eigenvalue weighted by atomic mass is 16.2. The van der Waals surface area contributed by atoms with Gasteiger partial charge >= 0.3 is 0 Å². The molecule has 0 aromatic heterocycles. The van der Waals surface area contributed by atoms with Crippen LogP contribution >= 0.6 is 0 Å². The first-order valence-corrected chi connectivity index (χ1v) is 12.1. The molecular formula is C27H36N2O2. The molecule has 2 saturated carbocycles. The summed E-state index contributed by atoms with van der Waals surface area (Å²) in [6.07, 6.45) is 10.7. The van der Waals surface area contributed by atoms with E-state index in [4.69, 9.17) is 0 Å². The Morgan fingerprint density at radius 1 is 1.13 bits per heavy atom. The zero-order valence-electron chi connectivity index (χ0n) is 19.4. The lowest BCUT2D eigenvalue weighted by atomic mass is 9.49. The van der Waals surface area contributed by atoms with E-state index < -0.39 is 5.92 Å². The molecule has 1 aliphatic heterocycles. The van der Waals surface area contributed by atoms with Gasteiger partial charge in [-0.25, -0.2) is 0 Å².